The van der Waals surface area contributed by atoms with Crippen LogP contribution in [-0.2, 0) is 11.3 Å². The molecule has 25 heavy (non-hydrogen) atoms. The zero-order valence-electron chi connectivity index (χ0n) is 13.7. The van der Waals surface area contributed by atoms with Crippen LogP contribution >= 0.6 is 11.8 Å². The monoisotopic (exact) mass is 359 g/mol. The van der Waals surface area contributed by atoms with E-state index in [0.29, 0.717) is 28.9 Å². The number of nitrogens with one attached hydrogen (secondary N) is 1. The molecule has 0 fully saturated rings. The standard InChI is InChI=1S/C17H17N3O4S/c1-10-4-16(22)20-12(8-25-17(20)19-10)6-15(21)18-7-11-2-3-13-14(5-11)24-9-23-13/h2-5,12H,6-9H2,1H3,(H,18,21)/t12-/m1/s1. The summed E-state index contributed by atoms with van der Waals surface area (Å²) in [5, 5.41) is 3.59. The van der Waals surface area contributed by atoms with Crippen LogP contribution in [0.3, 0.4) is 0 Å². The number of carbonyl (C=O) groups is 1. The van der Waals surface area contributed by atoms with Crippen molar-refractivity contribution in [3.63, 3.8) is 0 Å². The summed E-state index contributed by atoms with van der Waals surface area (Å²) in [5.74, 6) is 2.00. The molecule has 130 valence electrons. The van der Waals surface area contributed by atoms with Gasteiger partial charge in [-0.1, -0.05) is 17.8 Å². The van der Waals surface area contributed by atoms with E-state index in [4.69, 9.17) is 9.47 Å². The number of aryl methyl sites for hydroxylation is 1. The second-order valence-electron chi connectivity index (χ2n) is 6.02. The molecular formula is C17H17N3O4S. The Morgan fingerprint density at radius 3 is 3.08 bits per heavy atom. The molecule has 0 saturated heterocycles. The number of thioether (sulfide) groups is 1. The maximum Gasteiger partial charge on any atom is 0.254 e. The maximum absolute atomic E-state index is 12.3. The molecule has 4 rings (SSSR count). The largest absolute Gasteiger partial charge is 0.454 e. The normalized spacial score (nSPS) is 17.4. The predicted molar refractivity (Wildman–Crippen MR) is 92.0 cm³/mol. The summed E-state index contributed by atoms with van der Waals surface area (Å²) in [6.45, 7) is 2.43. The van der Waals surface area contributed by atoms with Crippen molar-refractivity contribution < 1.29 is 14.3 Å². The number of hydrogen-bond acceptors (Lipinski definition) is 6. The van der Waals surface area contributed by atoms with Gasteiger partial charge in [-0.3, -0.25) is 14.2 Å². The van der Waals surface area contributed by atoms with Gasteiger partial charge in [0.05, 0.1) is 6.04 Å². The van der Waals surface area contributed by atoms with E-state index in [-0.39, 0.29) is 30.7 Å². The van der Waals surface area contributed by atoms with E-state index in [0.717, 1.165) is 11.3 Å². The molecule has 0 saturated carbocycles. The summed E-state index contributed by atoms with van der Waals surface area (Å²) < 4.78 is 12.2. The highest BCUT2D eigenvalue weighted by atomic mass is 32.2. The minimum absolute atomic E-state index is 0.0939. The summed E-state index contributed by atoms with van der Waals surface area (Å²) in [6.07, 6.45) is 0.259. The molecule has 2 aliphatic rings. The van der Waals surface area contributed by atoms with Gasteiger partial charge in [0.2, 0.25) is 12.7 Å². The van der Waals surface area contributed by atoms with Crippen molar-refractivity contribution in [1.82, 2.24) is 14.9 Å². The summed E-state index contributed by atoms with van der Waals surface area (Å²) in [6, 6.07) is 6.94. The van der Waals surface area contributed by atoms with Crippen molar-refractivity contribution in [1.29, 1.82) is 0 Å². The van der Waals surface area contributed by atoms with Gasteiger partial charge in [-0.05, 0) is 24.6 Å². The van der Waals surface area contributed by atoms with Gasteiger partial charge in [0.25, 0.3) is 5.56 Å². The minimum atomic E-state index is -0.155. The number of fused-ring (bicyclic) bond motifs is 2. The van der Waals surface area contributed by atoms with Crippen LogP contribution in [0, 0.1) is 6.92 Å². The number of rotatable bonds is 4. The summed E-state index contributed by atoms with van der Waals surface area (Å²) in [5.41, 5.74) is 1.55. The van der Waals surface area contributed by atoms with Crippen LogP contribution in [0.25, 0.3) is 0 Å². The molecule has 0 unspecified atom stereocenters. The molecule has 1 N–H and O–H groups in total. The molecule has 7 nitrogen and oxygen atoms in total. The maximum atomic E-state index is 12.3. The molecule has 1 atom stereocenters. The fraction of sp³-hybridized carbons (Fsp3) is 0.353. The van der Waals surface area contributed by atoms with E-state index in [2.05, 4.69) is 10.3 Å². The summed E-state index contributed by atoms with van der Waals surface area (Å²) >= 11 is 1.52. The fourth-order valence-electron chi connectivity index (χ4n) is 2.95. The minimum Gasteiger partial charge on any atom is -0.454 e. The lowest BCUT2D eigenvalue weighted by atomic mass is 10.2. The van der Waals surface area contributed by atoms with Gasteiger partial charge in [0.1, 0.15) is 0 Å². The van der Waals surface area contributed by atoms with E-state index in [1.54, 1.807) is 11.5 Å². The highest BCUT2D eigenvalue weighted by molar-refractivity contribution is 7.99. The van der Waals surface area contributed by atoms with Crippen molar-refractivity contribution in [3.8, 4) is 11.5 Å². The third kappa shape index (κ3) is 3.21. The van der Waals surface area contributed by atoms with E-state index < -0.39 is 0 Å². The average Bonchev–Trinajstić information content (AvgIpc) is 3.19. The fourth-order valence-corrected chi connectivity index (χ4v) is 4.15. The Morgan fingerprint density at radius 1 is 1.36 bits per heavy atom. The van der Waals surface area contributed by atoms with Gasteiger partial charge in [-0.25, -0.2) is 4.98 Å². The van der Waals surface area contributed by atoms with Crippen LogP contribution in [0.1, 0.15) is 23.7 Å². The van der Waals surface area contributed by atoms with E-state index in [9.17, 15) is 9.59 Å². The molecule has 1 aromatic heterocycles. The third-order valence-corrected chi connectivity index (χ3v) is 5.26. The van der Waals surface area contributed by atoms with Crippen molar-refractivity contribution in [2.24, 2.45) is 0 Å². The van der Waals surface area contributed by atoms with Gasteiger partial charge in [-0.2, -0.15) is 0 Å². The molecule has 8 heteroatoms. The average molecular weight is 359 g/mol. The molecule has 0 bridgehead atoms. The summed E-state index contributed by atoms with van der Waals surface area (Å²) in [4.78, 5) is 28.8. The lowest BCUT2D eigenvalue weighted by Crippen LogP contribution is -2.30. The first-order valence-electron chi connectivity index (χ1n) is 7.98. The molecule has 0 radical (unpaired) electrons. The molecule has 1 amide bonds. The van der Waals surface area contributed by atoms with Crippen LogP contribution in [0.2, 0.25) is 0 Å². The molecule has 0 aliphatic carbocycles. The van der Waals surface area contributed by atoms with Crippen LogP contribution in [0.15, 0.2) is 34.2 Å². The number of hydrogen-bond donors (Lipinski definition) is 1. The quantitative estimate of drug-likeness (QED) is 0.836. The number of aromatic nitrogens is 2. The van der Waals surface area contributed by atoms with Crippen LogP contribution < -0.4 is 20.3 Å². The first kappa shape index (κ1) is 16.0. The Hall–Kier alpha value is -2.48. The molecule has 1 aromatic carbocycles. The Kier molecular flexibility index (Phi) is 4.12. The van der Waals surface area contributed by atoms with Gasteiger partial charge in [0.15, 0.2) is 16.7 Å². The highest BCUT2D eigenvalue weighted by Gasteiger charge is 2.27. The van der Waals surface area contributed by atoms with Crippen LogP contribution in [0.5, 0.6) is 11.5 Å². The summed E-state index contributed by atoms with van der Waals surface area (Å²) in [7, 11) is 0. The third-order valence-electron chi connectivity index (χ3n) is 4.17. The van der Waals surface area contributed by atoms with E-state index in [1.165, 1.54) is 17.8 Å². The number of amides is 1. The molecule has 2 aliphatic heterocycles. The number of benzene rings is 1. The van der Waals surface area contributed by atoms with Crippen molar-refractivity contribution in [3.05, 3.63) is 45.9 Å². The highest BCUT2D eigenvalue weighted by Crippen LogP contribution is 2.33. The van der Waals surface area contributed by atoms with Crippen molar-refractivity contribution in [2.75, 3.05) is 12.5 Å². The number of ether oxygens (including phenoxy) is 2. The van der Waals surface area contributed by atoms with Crippen molar-refractivity contribution in [2.45, 2.75) is 31.1 Å². The Labute approximate surface area is 148 Å². The smallest absolute Gasteiger partial charge is 0.254 e. The zero-order chi connectivity index (χ0) is 17.4. The van der Waals surface area contributed by atoms with Crippen LogP contribution in [-0.4, -0.2) is 28.0 Å². The number of nitrogens with zero attached hydrogens (tertiary/aromatic N) is 2. The van der Waals surface area contributed by atoms with E-state index >= 15 is 0 Å². The molecule has 2 aromatic rings. The SMILES string of the molecule is Cc1cc(=O)n2c(n1)SC[C@H]2CC(=O)NCc1ccc2c(c1)OCO2. The predicted octanol–water partition coefficient (Wildman–Crippen LogP) is 1.63. The Morgan fingerprint density at radius 2 is 2.20 bits per heavy atom. The van der Waals surface area contributed by atoms with Gasteiger partial charge < -0.3 is 14.8 Å². The second-order valence-corrected chi connectivity index (χ2v) is 7.01. The van der Waals surface area contributed by atoms with Crippen molar-refractivity contribution >= 4 is 17.7 Å². The number of carbonyl (C=O) groups excluding carboxylic acids is 1. The Bertz CT molecular complexity index is 896. The second kappa shape index (κ2) is 6.44. The first-order chi connectivity index (χ1) is 12.1. The molecular weight excluding hydrogens is 342 g/mol. The topological polar surface area (TPSA) is 82.5 Å². The van der Waals surface area contributed by atoms with Gasteiger partial charge in [-0.15, -0.1) is 0 Å². The Balaban J connectivity index is 1.39. The van der Waals surface area contributed by atoms with Gasteiger partial charge >= 0.3 is 0 Å². The first-order valence-corrected chi connectivity index (χ1v) is 8.97. The zero-order valence-corrected chi connectivity index (χ0v) is 14.5. The lowest BCUT2D eigenvalue weighted by Gasteiger charge is -2.13. The molecule has 3 heterocycles. The van der Waals surface area contributed by atoms with E-state index in [1.807, 2.05) is 18.2 Å². The van der Waals surface area contributed by atoms with Crippen LogP contribution in [0.4, 0.5) is 0 Å². The lowest BCUT2D eigenvalue weighted by molar-refractivity contribution is -0.121. The van der Waals surface area contributed by atoms with Gasteiger partial charge in [0, 0.05) is 30.5 Å². The molecule has 0 spiro atoms.